The second-order valence-electron chi connectivity index (χ2n) is 6.94. The van der Waals surface area contributed by atoms with Crippen LogP contribution < -0.4 is 15.8 Å². The van der Waals surface area contributed by atoms with Gasteiger partial charge in [-0.2, -0.15) is 0 Å². The van der Waals surface area contributed by atoms with Crippen LogP contribution in [0.3, 0.4) is 0 Å². The Balaban J connectivity index is 2.09. The number of fused-ring (bicyclic) bond motifs is 2. The summed E-state index contributed by atoms with van der Waals surface area (Å²) in [6.45, 7) is 6.62. The van der Waals surface area contributed by atoms with Gasteiger partial charge in [-0.25, -0.2) is 0 Å². The second kappa shape index (κ2) is 6.16. The Kier molecular flexibility index (Phi) is 4.37. The van der Waals surface area contributed by atoms with E-state index in [0.29, 0.717) is 17.3 Å². The molecular weight excluding hydrogens is 310 g/mol. The molecule has 0 fully saturated rings. The first kappa shape index (κ1) is 16.3. The Morgan fingerprint density at radius 1 is 1.26 bits per heavy atom. The van der Waals surface area contributed by atoms with Gasteiger partial charge in [0.05, 0.1) is 0 Å². The van der Waals surface area contributed by atoms with E-state index in [-0.39, 0.29) is 11.6 Å². The summed E-state index contributed by atoms with van der Waals surface area (Å²) in [7, 11) is 0. The Morgan fingerprint density at radius 3 is 2.78 bits per heavy atom. The zero-order chi connectivity index (χ0) is 16.6. The van der Waals surface area contributed by atoms with Crippen molar-refractivity contribution in [1.29, 1.82) is 0 Å². The SMILES string of the molecule is CC(C)(C)NCC(O)C1=c2cc(Cl)ccc2=C2C=CC=CC2O1. The van der Waals surface area contributed by atoms with Crippen molar-refractivity contribution in [1.82, 2.24) is 5.32 Å². The highest BCUT2D eigenvalue weighted by atomic mass is 35.5. The van der Waals surface area contributed by atoms with Crippen LogP contribution in [0.4, 0.5) is 0 Å². The highest BCUT2D eigenvalue weighted by Gasteiger charge is 2.26. The standard InChI is InChI=1S/C19H22ClNO2/c1-19(2,3)21-11-16(22)18-15-10-12(20)8-9-13(15)14-6-4-5-7-17(14)23-18/h4-10,16-17,21-22H,11H2,1-3H3. The van der Waals surface area contributed by atoms with Crippen molar-refractivity contribution in [2.24, 2.45) is 0 Å². The number of hydrogen-bond donors (Lipinski definition) is 2. The summed E-state index contributed by atoms with van der Waals surface area (Å²) in [4.78, 5) is 0. The monoisotopic (exact) mass is 331 g/mol. The van der Waals surface area contributed by atoms with Crippen LogP contribution >= 0.6 is 11.6 Å². The van der Waals surface area contributed by atoms with E-state index < -0.39 is 6.10 Å². The van der Waals surface area contributed by atoms with Crippen molar-refractivity contribution in [2.75, 3.05) is 6.54 Å². The van der Waals surface area contributed by atoms with E-state index >= 15 is 0 Å². The van der Waals surface area contributed by atoms with Gasteiger partial charge in [-0.15, -0.1) is 0 Å². The Morgan fingerprint density at radius 2 is 2.04 bits per heavy atom. The average Bonchev–Trinajstić information content (AvgIpc) is 2.51. The first-order valence-corrected chi connectivity index (χ1v) is 8.21. The number of allylic oxidation sites excluding steroid dienone is 2. The van der Waals surface area contributed by atoms with Crippen LogP contribution in [-0.2, 0) is 4.74 Å². The summed E-state index contributed by atoms with van der Waals surface area (Å²) < 4.78 is 6.09. The number of ether oxygens (including phenoxy) is 1. The summed E-state index contributed by atoms with van der Waals surface area (Å²) in [5.41, 5.74) is 1.02. The maximum absolute atomic E-state index is 10.6. The molecule has 23 heavy (non-hydrogen) atoms. The lowest BCUT2D eigenvalue weighted by Crippen LogP contribution is -2.46. The molecule has 2 atom stereocenters. The third-order valence-electron chi connectivity index (χ3n) is 3.92. The highest BCUT2D eigenvalue weighted by molar-refractivity contribution is 6.30. The van der Waals surface area contributed by atoms with Gasteiger partial charge in [0.15, 0.2) is 0 Å². The average molecular weight is 332 g/mol. The van der Waals surface area contributed by atoms with Crippen molar-refractivity contribution in [3.05, 3.63) is 58.0 Å². The van der Waals surface area contributed by atoms with Gasteiger partial charge in [-0.05, 0) is 44.2 Å². The molecule has 2 unspecified atom stereocenters. The minimum absolute atomic E-state index is 0.0713. The fourth-order valence-electron chi connectivity index (χ4n) is 2.79. The van der Waals surface area contributed by atoms with Gasteiger partial charge in [0.1, 0.15) is 18.0 Å². The molecule has 0 amide bonds. The van der Waals surface area contributed by atoms with Crippen molar-refractivity contribution in [3.63, 3.8) is 0 Å². The van der Waals surface area contributed by atoms with Crippen LogP contribution in [0.5, 0.6) is 0 Å². The molecule has 122 valence electrons. The number of hydrogen-bond acceptors (Lipinski definition) is 3. The van der Waals surface area contributed by atoms with Gasteiger partial charge in [-0.3, -0.25) is 0 Å². The molecule has 3 nitrogen and oxygen atoms in total. The molecule has 0 saturated carbocycles. The molecule has 0 radical (unpaired) electrons. The van der Waals surface area contributed by atoms with Crippen LogP contribution in [0.25, 0.3) is 11.3 Å². The van der Waals surface area contributed by atoms with Crippen LogP contribution in [0.15, 0.2) is 42.5 Å². The summed E-state index contributed by atoms with van der Waals surface area (Å²) in [5.74, 6) is 0.577. The molecule has 2 N–H and O–H groups in total. The summed E-state index contributed by atoms with van der Waals surface area (Å²) in [5, 5.41) is 16.5. The number of rotatable bonds is 3. The summed E-state index contributed by atoms with van der Waals surface area (Å²) in [6, 6.07) is 5.73. The van der Waals surface area contributed by atoms with Gasteiger partial charge >= 0.3 is 0 Å². The predicted molar refractivity (Wildman–Crippen MR) is 94.4 cm³/mol. The highest BCUT2D eigenvalue weighted by Crippen LogP contribution is 2.22. The molecule has 1 aliphatic carbocycles. The Labute approximate surface area is 141 Å². The van der Waals surface area contributed by atoms with E-state index in [9.17, 15) is 5.11 Å². The zero-order valence-electron chi connectivity index (χ0n) is 13.6. The lowest BCUT2D eigenvalue weighted by Gasteiger charge is -2.29. The van der Waals surface area contributed by atoms with Crippen LogP contribution in [0.1, 0.15) is 20.8 Å². The third kappa shape index (κ3) is 3.52. The van der Waals surface area contributed by atoms with Crippen molar-refractivity contribution < 1.29 is 9.84 Å². The molecule has 1 aromatic rings. The van der Waals surface area contributed by atoms with Gasteiger partial charge in [0.25, 0.3) is 0 Å². The summed E-state index contributed by atoms with van der Waals surface area (Å²) >= 11 is 6.16. The van der Waals surface area contributed by atoms with Crippen LogP contribution in [-0.4, -0.2) is 29.4 Å². The molecule has 2 aliphatic rings. The molecule has 1 aliphatic heterocycles. The number of halogens is 1. The summed E-state index contributed by atoms with van der Waals surface area (Å²) in [6.07, 6.45) is 7.12. The number of aliphatic hydroxyl groups is 1. The van der Waals surface area contributed by atoms with Crippen LogP contribution in [0.2, 0.25) is 5.02 Å². The minimum atomic E-state index is -0.729. The molecule has 4 heteroatoms. The molecule has 3 rings (SSSR count). The molecule has 0 saturated heterocycles. The lowest BCUT2D eigenvalue weighted by atomic mass is 9.96. The lowest BCUT2D eigenvalue weighted by molar-refractivity contribution is 0.139. The fraction of sp³-hybridized carbons (Fsp3) is 0.368. The molecule has 1 heterocycles. The molecule has 1 aromatic carbocycles. The molecular formula is C19H22ClNO2. The van der Waals surface area contributed by atoms with Gasteiger partial charge < -0.3 is 15.2 Å². The smallest absolute Gasteiger partial charge is 0.143 e. The van der Waals surface area contributed by atoms with Crippen molar-refractivity contribution in [2.45, 2.75) is 38.5 Å². The third-order valence-corrected chi connectivity index (χ3v) is 4.15. The quantitative estimate of drug-likeness (QED) is 0.888. The maximum atomic E-state index is 10.6. The zero-order valence-corrected chi connectivity index (χ0v) is 14.4. The van der Waals surface area contributed by atoms with E-state index in [0.717, 1.165) is 16.0 Å². The Bertz CT molecular complexity index is 787. The molecule has 0 aromatic heterocycles. The topological polar surface area (TPSA) is 41.5 Å². The first-order valence-electron chi connectivity index (χ1n) is 7.84. The number of aliphatic hydroxyl groups excluding tert-OH is 1. The van der Waals surface area contributed by atoms with E-state index in [1.807, 2.05) is 42.5 Å². The minimum Gasteiger partial charge on any atom is -0.482 e. The van der Waals surface area contributed by atoms with E-state index in [4.69, 9.17) is 16.3 Å². The normalized spacial score (nSPS) is 20.8. The molecule has 0 bridgehead atoms. The number of nitrogens with one attached hydrogen (secondary N) is 1. The maximum Gasteiger partial charge on any atom is 0.143 e. The van der Waals surface area contributed by atoms with E-state index in [1.165, 1.54) is 0 Å². The van der Waals surface area contributed by atoms with Crippen molar-refractivity contribution >= 4 is 22.9 Å². The number of benzene rings is 1. The van der Waals surface area contributed by atoms with Gasteiger partial charge in [-0.1, -0.05) is 35.9 Å². The fourth-order valence-corrected chi connectivity index (χ4v) is 2.97. The van der Waals surface area contributed by atoms with Gasteiger partial charge in [0.2, 0.25) is 0 Å². The predicted octanol–water partition coefficient (Wildman–Crippen LogP) is 1.87. The van der Waals surface area contributed by atoms with E-state index in [2.05, 4.69) is 26.1 Å². The molecule has 0 spiro atoms. The van der Waals surface area contributed by atoms with Crippen molar-refractivity contribution in [3.8, 4) is 0 Å². The van der Waals surface area contributed by atoms with Crippen LogP contribution in [0, 0.1) is 0 Å². The Hall–Kier alpha value is -1.55. The van der Waals surface area contributed by atoms with Gasteiger partial charge in [0, 0.05) is 27.9 Å². The second-order valence-corrected chi connectivity index (χ2v) is 7.38. The number of β-amino-alcohol motifs (C(OH)–C–C–N with tert-alkyl or cyclic N) is 1. The van der Waals surface area contributed by atoms with E-state index in [1.54, 1.807) is 0 Å². The largest absolute Gasteiger partial charge is 0.482 e. The first-order chi connectivity index (χ1) is 10.8.